The molecule has 0 amide bonds. The van der Waals surface area contributed by atoms with Crippen molar-refractivity contribution in [1.82, 2.24) is 4.57 Å². The summed E-state index contributed by atoms with van der Waals surface area (Å²) in [5.41, 5.74) is 8.65. The lowest BCUT2D eigenvalue weighted by Crippen LogP contribution is -2.12. The van der Waals surface area contributed by atoms with Gasteiger partial charge in [0.1, 0.15) is 0 Å². The number of rotatable bonds is 3. The smallest absolute Gasteiger partial charge is 0.0480 e. The van der Waals surface area contributed by atoms with Crippen LogP contribution in [0.2, 0.25) is 0 Å². The molecule has 0 saturated carbocycles. The first-order chi connectivity index (χ1) is 9.20. The fraction of sp³-hybridized carbons (Fsp3) is 0.250. The number of aromatic nitrogens is 1. The first kappa shape index (κ1) is 12.5. The van der Waals surface area contributed by atoms with Crippen molar-refractivity contribution in [3.05, 3.63) is 57.9 Å². The van der Waals surface area contributed by atoms with E-state index in [-0.39, 0.29) is 0 Å². The van der Waals surface area contributed by atoms with E-state index in [1.165, 1.54) is 26.2 Å². The first-order valence-corrected chi connectivity index (χ1v) is 7.32. The Morgan fingerprint density at radius 2 is 2.00 bits per heavy atom. The van der Waals surface area contributed by atoms with Crippen molar-refractivity contribution in [3.8, 4) is 0 Å². The van der Waals surface area contributed by atoms with Crippen LogP contribution in [0.3, 0.4) is 0 Å². The van der Waals surface area contributed by atoms with E-state index < -0.39 is 0 Å². The predicted molar refractivity (Wildman–Crippen MR) is 82.9 cm³/mol. The van der Waals surface area contributed by atoms with Gasteiger partial charge in [-0.05, 0) is 30.7 Å². The Kier molecular flexibility index (Phi) is 3.17. The maximum Gasteiger partial charge on any atom is 0.0480 e. The van der Waals surface area contributed by atoms with Crippen LogP contribution in [-0.2, 0) is 7.05 Å². The SMILES string of the molecule is Cc1ccc(C(CN)c2cn(C)c3ccccc23)s1. The number of nitrogens with zero attached hydrogens (tertiary/aromatic N) is 1. The van der Waals surface area contributed by atoms with Crippen LogP contribution in [-0.4, -0.2) is 11.1 Å². The third kappa shape index (κ3) is 2.09. The second-order valence-corrected chi connectivity index (χ2v) is 6.27. The normalized spacial score (nSPS) is 13.0. The summed E-state index contributed by atoms with van der Waals surface area (Å²) < 4.78 is 2.19. The topological polar surface area (TPSA) is 30.9 Å². The number of fused-ring (bicyclic) bond motifs is 1. The van der Waals surface area contributed by atoms with E-state index in [2.05, 4.69) is 61.1 Å². The van der Waals surface area contributed by atoms with Gasteiger partial charge in [0.2, 0.25) is 0 Å². The van der Waals surface area contributed by atoms with Gasteiger partial charge in [-0.2, -0.15) is 0 Å². The highest BCUT2D eigenvalue weighted by Gasteiger charge is 2.18. The van der Waals surface area contributed by atoms with E-state index in [0.29, 0.717) is 12.5 Å². The van der Waals surface area contributed by atoms with Crippen LogP contribution >= 0.6 is 11.3 Å². The largest absolute Gasteiger partial charge is 0.350 e. The van der Waals surface area contributed by atoms with E-state index in [0.717, 1.165) is 0 Å². The molecular formula is C16H18N2S. The average Bonchev–Trinajstić information content (AvgIpc) is 2.97. The molecule has 1 aromatic carbocycles. The molecule has 0 saturated heterocycles. The molecule has 3 rings (SSSR count). The number of hydrogen-bond donors (Lipinski definition) is 1. The minimum Gasteiger partial charge on any atom is -0.350 e. The highest BCUT2D eigenvalue weighted by Crippen LogP contribution is 2.34. The summed E-state index contributed by atoms with van der Waals surface area (Å²) in [5.74, 6) is 0.296. The molecule has 0 aliphatic rings. The second kappa shape index (κ2) is 4.83. The number of nitrogens with two attached hydrogens (primary N) is 1. The number of para-hydroxylation sites is 1. The molecule has 0 aliphatic carbocycles. The van der Waals surface area contributed by atoms with Crippen molar-refractivity contribution >= 4 is 22.2 Å². The van der Waals surface area contributed by atoms with Gasteiger partial charge in [-0.15, -0.1) is 11.3 Å². The van der Waals surface area contributed by atoms with Gasteiger partial charge >= 0.3 is 0 Å². The Balaban J connectivity index is 2.16. The zero-order valence-corrected chi connectivity index (χ0v) is 12.1. The fourth-order valence-electron chi connectivity index (χ4n) is 2.69. The van der Waals surface area contributed by atoms with Crippen LogP contribution < -0.4 is 5.73 Å². The van der Waals surface area contributed by atoms with E-state index >= 15 is 0 Å². The van der Waals surface area contributed by atoms with Crippen LogP contribution in [0, 0.1) is 6.92 Å². The van der Waals surface area contributed by atoms with Gasteiger partial charge in [0, 0.05) is 46.4 Å². The van der Waals surface area contributed by atoms with Crippen molar-refractivity contribution in [1.29, 1.82) is 0 Å². The van der Waals surface area contributed by atoms with E-state index in [1.807, 2.05) is 11.3 Å². The van der Waals surface area contributed by atoms with Crippen LogP contribution in [0.5, 0.6) is 0 Å². The predicted octanol–water partition coefficient (Wildman–Crippen LogP) is 3.64. The van der Waals surface area contributed by atoms with Crippen molar-refractivity contribution < 1.29 is 0 Å². The van der Waals surface area contributed by atoms with Crippen molar-refractivity contribution in [2.24, 2.45) is 12.8 Å². The van der Waals surface area contributed by atoms with Gasteiger partial charge in [-0.25, -0.2) is 0 Å². The van der Waals surface area contributed by atoms with Gasteiger partial charge < -0.3 is 10.3 Å². The molecule has 19 heavy (non-hydrogen) atoms. The van der Waals surface area contributed by atoms with Gasteiger partial charge in [0.05, 0.1) is 0 Å². The third-order valence-corrected chi connectivity index (χ3v) is 4.76. The van der Waals surface area contributed by atoms with Crippen molar-refractivity contribution in [2.75, 3.05) is 6.54 Å². The van der Waals surface area contributed by atoms with Gasteiger partial charge in [-0.1, -0.05) is 18.2 Å². The van der Waals surface area contributed by atoms with E-state index in [9.17, 15) is 0 Å². The quantitative estimate of drug-likeness (QED) is 0.774. The molecule has 0 spiro atoms. The first-order valence-electron chi connectivity index (χ1n) is 6.51. The lowest BCUT2D eigenvalue weighted by molar-refractivity contribution is 0.831. The van der Waals surface area contributed by atoms with Gasteiger partial charge in [0.15, 0.2) is 0 Å². The second-order valence-electron chi connectivity index (χ2n) is 4.95. The van der Waals surface area contributed by atoms with Crippen molar-refractivity contribution in [3.63, 3.8) is 0 Å². The molecule has 1 atom stereocenters. The average molecular weight is 270 g/mol. The highest BCUT2D eigenvalue weighted by atomic mass is 32.1. The summed E-state index contributed by atoms with van der Waals surface area (Å²) in [4.78, 5) is 2.70. The molecule has 2 aromatic heterocycles. The van der Waals surface area contributed by atoms with Crippen LogP contribution in [0.4, 0.5) is 0 Å². The molecule has 0 radical (unpaired) electrons. The Morgan fingerprint density at radius 3 is 2.68 bits per heavy atom. The van der Waals surface area contributed by atoms with Crippen LogP contribution in [0.1, 0.15) is 21.2 Å². The fourth-order valence-corrected chi connectivity index (χ4v) is 3.70. The molecular weight excluding hydrogens is 252 g/mol. The molecule has 2 nitrogen and oxygen atoms in total. The molecule has 0 fully saturated rings. The Bertz CT molecular complexity index is 708. The van der Waals surface area contributed by atoms with Crippen LogP contribution in [0.15, 0.2) is 42.6 Å². The van der Waals surface area contributed by atoms with E-state index in [1.54, 1.807) is 0 Å². The number of thiophene rings is 1. The molecule has 2 N–H and O–H groups in total. The third-order valence-electron chi connectivity index (χ3n) is 3.64. The highest BCUT2D eigenvalue weighted by molar-refractivity contribution is 7.12. The van der Waals surface area contributed by atoms with Gasteiger partial charge in [0.25, 0.3) is 0 Å². The Morgan fingerprint density at radius 1 is 1.21 bits per heavy atom. The minimum atomic E-state index is 0.296. The maximum atomic E-state index is 6.04. The Hall–Kier alpha value is -1.58. The minimum absolute atomic E-state index is 0.296. The summed E-state index contributed by atoms with van der Waals surface area (Å²) >= 11 is 1.84. The molecule has 3 aromatic rings. The summed E-state index contributed by atoms with van der Waals surface area (Å²) in [5, 5.41) is 1.31. The Labute approximate surface area is 117 Å². The number of aryl methyl sites for hydroxylation is 2. The summed E-state index contributed by atoms with van der Waals surface area (Å²) in [7, 11) is 2.10. The molecule has 98 valence electrons. The molecule has 3 heteroatoms. The summed E-state index contributed by atoms with van der Waals surface area (Å²) in [6.45, 7) is 2.79. The molecule has 1 unspecified atom stereocenters. The number of hydrogen-bond acceptors (Lipinski definition) is 2. The van der Waals surface area contributed by atoms with Gasteiger partial charge in [-0.3, -0.25) is 0 Å². The van der Waals surface area contributed by atoms with E-state index in [4.69, 9.17) is 5.73 Å². The molecule has 2 heterocycles. The summed E-state index contributed by atoms with van der Waals surface area (Å²) in [6.07, 6.45) is 2.22. The lowest BCUT2D eigenvalue weighted by atomic mass is 9.97. The number of benzene rings is 1. The van der Waals surface area contributed by atoms with Crippen LogP contribution in [0.25, 0.3) is 10.9 Å². The zero-order valence-electron chi connectivity index (χ0n) is 11.3. The summed E-state index contributed by atoms with van der Waals surface area (Å²) in [6, 6.07) is 12.9. The molecule has 0 aliphatic heterocycles. The van der Waals surface area contributed by atoms with Crippen molar-refractivity contribution in [2.45, 2.75) is 12.8 Å². The lowest BCUT2D eigenvalue weighted by Gasteiger charge is -2.12. The molecule has 0 bridgehead atoms. The standard InChI is InChI=1S/C16H18N2S/c1-11-7-8-16(19-11)13(9-17)14-10-18(2)15-6-4-3-5-12(14)15/h3-8,10,13H,9,17H2,1-2H3. The monoisotopic (exact) mass is 270 g/mol. The zero-order chi connectivity index (χ0) is 13.4. The maximum absolute atomic E-state index is 6.04.